The molecule has 0 radical (unpaired) electrons. The summed E-state index contributed by atoms with van der Waals surface area (Å²) in [5.41, 5.74) is 0. The Labute approximate surface area is 91.8 Å². The van der Waals surface area contributed by atoms with Gasteiger partial charge in [0, 0.05) is 19.2 Å². The van der Waals surface area contributed by atoms with Crippen molar-refractivity contribution >= 4 is 5.91 Å². The van der Waals surface area contributed by atoms with E-state index in [2.05, 4.69) is 10.6 Å². The standard InChI is InChI=1S/C11H22N2O2/c1-2-7-15-9-11(14)13-8-10-5-3-4-6-12-10/h10,12H,2-9H2,1H3,(H,13,14). The quantitative estimate of drug-likeness (QED) is 0.639. The molecule has 0 saturated carbocycles. The Morgan fingerprint density at radius 3 is 3.07 bits per heavy atom. The summed E-state index contributed by atoms with van der Waals surface area (Å²) in [7, 11) is 0. The van der Waals surface area contributed by atoms with E-state index in [0.717, 1.165) is 25.9 Å². The van der Waals surface area contributed by atoms with E-state index in [1.54, 1.807) is 0 Å². The predicted molar refractivity (Wildman–Crippen MR) is 59.8 cm³/mol. The minimum Gasteiger partial charge on any atom is -0.372 e. The molecule has 0 bridgehead atoms. The molecule has 2 N–H and O–H groups in total. The Kier molecular flexibility index (Phi) is 6.36. The molecule has 1 fully saturated rings. The highest BCUT2D eigenvalue weighted by Crippen LogP contribution is 2.05. The van der Waals surface area contributed by atoms with E-state index in [4.69, 9.17) is 4.74 Å². The summed E-state index contributed by atoms with van der Waals surface area (Å²) in [5.74, 6) is -0.00387. The van der Waals surface area contributed by atoms with Crippen molar-refractivity contribution in [1.29, 1.82) is 0 Å². The third kappa shape index (κ3) is 5.74. The topological polar surface area (TPSA) is 50.4 Å². The first-order valence-corrected chi connectivity index (χ1v) is 5.90. The monoisotopic (exact) mass is 214 g/mol. The van der Waals surface area contributed by atoms with Crippen LogP contribution in [-0.2, 0) is 9.53 Å². The van der Waals surface area contributed by atoms with Crippen LogP contribution >= 0.6 is 0 Å². The number of rotatable bonds is 6. The van der Waals surface area contributed by atoms with Crippen LogP contribution in [0.25, 0.3) is 0 Å². The van der Waals surface area contributed by atoms with Crippen molar-refractivity contribution < 1.29 is 9.53 Å². The molecule has 1 aliphatic heterocycles. The van der Waals surface area contributed by atoms with E-state index in [-0.39, 0.29) is 12.5 Å². The van der Waals surface area contributed by atoms with Crippen molar-refractivity contribution in [3.63, 3.8) is 0 Å². The third-order valence-corrected chi connectivity index (χ3v) is 2.54. The molecule has 0 aromatic heterocycles. The lowest BCUT2D eigenvalue weighted by molar-refractivity contribution is -0.125. The second-order valence-electron chi connectivity index (χ2n) is 4.00. The summed E-state index contributed by atoms with van der Waals surface area (Å²) in [6.45, 7) is 4.70. The van der Waals surface area contributed by atoms with Gasteiger partial charge in [-0.25, -0.2) is 0 Å². The number of carbonyl (C=O) groups is 1. The molecule has 1 saturated heterocycles. The highest BCUT2D eigenvalue weighted by atomic mass is 16.5. The molecular weight excluding hydrogens is 192 g/mol. The second kappa shape index (κ2) is 7.65. The van der Waals surface area contributed by atoms with Crippen molar-refractivity contribution in [3.8, 4) is 0 Å². The van der Waals surface area contributed by atoms with Crippen LogP contribution in [0.1, 0.15) is 32.6 Å². The number of hydrogen-bond acceptors (Lipinski definition) is 3. The Morgan fingerprint density at radius 2 is 2.40 bits per heavy atom. The number of carbonyl (C=O) groups excluding carboxylic acids is 1. The molecule has 88 valence electrons. The molecule has 1 heterocycles. The molecule has 1 amide bonds. The summed E-state index contributed by atoms with van der Waals surface area (Å²) >= 11 is 0. The van der Waals surface area contributed by atoms with Crippen LogP contribution in [0.5, 0.6) is 0 Å². The normalized spacial score (nSPS) is 21.3. The largest absolute Gasteiger partial charge is 0.372 e. The number of hydrogen-bond donors (Lipinski definition) is 2. The van der Waals surface area contributed by atoms with Crippen LogP contribution in [0.2, 0.25) is 0 Å². The minimum absolute atomic E-state index is 0.00387. The molecule has 1 rings (SSSR count). The number of ether oxygens (including phenoxy) is 1. The lowest BCUT2D eigenvalue weighted by Crippen LogP contribution is -2.44. The van der Waals surface area contributed by atoms with E-state index in [1.807, 2.05) is 6.92 Å². The first kappa shape index (κ1) is 12.5. The zero-order valence-electron chi connectivity index (χ0n) is 9.55. The fourth-order valence-electron chi connectivity index (χ4n) is 1.70. The molecule has 0 aromatic carbocycles. The first-order valence-electron chi connectivity index (χ1n) is 5.90. The summed E-state index contributed by atoms with van der Waals surface area (Å²) in [6, 6.07) is 0.453. The Balaban J connectivity index is 2.00. The molecule has 1 atom stereocenters. The molecule has 15 heavy (non-hydrogen) atoms. The van der Waals surface area contributed by atoms with E-state index in [0.29, 0.717) is 12.6 Å². The van der Waals surface area contributed by atoms with Gasteiger partial charge in [0.2, 0.25) is 5.91 Å². The molecule has 1 aliphatic rings. The SMILES string of the molecule is CCCOCC(=O)NCC1CCCCN1. The summed E-state index contributed by atoms with van der Waals surface area (Å²) in [5, 5.41) is 6.27. The highest BCUT2D eigenvalue weighted by molar-refractivity contribution is 5.77. The van der Waals surface area contributed by atoms with Crippen molar-refractivity contribution in [2.45, 2.75) is 38.6 Å². The molecule has 1 unspecified atom stereocenters. The molecule has 0 aromatic rings. The number of amides is 1. The van der Waals surface area contributed by atoms with Crippen molar-refractivity contribution in [3.05, 3.63) is 0 Å². The maximum atomic E-state index is 11.3. The first-order chi connectivity index (χ1) is 7.33. The average molecular weight is 214 g/mol. The summed E-state index contributed by atoms with van der Waals surface area (Å²) in [6.07, 6.45) is 4.64. The van der Waals surface area contributed by atoms with Crippen molar-refractivity contribution in [1.82, 2.24) is 10.6 Å². The maximum Gasteiger partial charge on any atom is 0.246 e. The summed E-state index contributed by atoms with van der Waals surface area (Å²) < 4.78 is 5.15. The van der Waals surface area contributed by atoms with Gasteiger partial charge in [-0.15, -0.1) is 0 Å². The lowest BCUT2D eigenvalue weighted by Gasteiger charge is -2.23. The van der Waals surface area contributed by atoms with Crippen LogP contribution in [0, 0.1) is 0 Å². The minimum atomic E-state index is -0.00387. The third-order valence-electron chi connectivity index (χ3n) is 2.54. The van der Waals surface area contributed by atoms with Gasteiger partial charge in [-0.2, -0.15) is 0 Å². The van der Waals surface area contributed by atoms with Gasteiger partial charge in [-0.05, 0) is 25.8 Å². The molecule has 0 spiro atoms. The van der Waals surface area contributed by atoms with Crippen molar-refractivity contribution in [2.75, 3.05) is 26.3 Å². The van der Waals surface area contributed by atoms with E-state index in [9.17, 15) is 4.79 Å². The lowest BCUT2D eigenvalue weighted by atomic mass is 10.1. The van der Waals surface area contributed by atoms with Crippen LogP contribution in [0.15, 0.2) is 0 Å². The maximum absolute atomic E-state index is 11.3. The van der Waals surface area contributed by atoms with Gasteiger partial charge in [-0.1, -0.05) is 13.3 Å². The zero-order chi connectivity index (χ0) is 10.9. The Hall–Kier alpha value is -0.610. The molecule has 4 heteroatoms. The van der Waals surface area contributed by atoms with Crippen LogP contribution in [0.3, 0.4) is 0 Å². The van der Waals surface area contributed by atoms with Gasteiger partial charge < -0.3 is 15.4 Å². The zero-order valence-corrected chi connectivity index (χ0v) is 9.55. The van der Waals surface area contributed by atoms with Gasteiger partial charge in [0.15, 0.2) is 0 Å². The average Bonchev–Trinajstić information content (AvgIpc) is 2.28. The van der Waals surface area contributed by atoms with Gasteiger partial charge in [0.05, 0.1) is 0 Å². The van der Waals surface area contributed by atoms with E-state index < -0.39 is 0 Å². The van der Waals surface area contributed by atoms with Crippen LogP contribution in [0.4, 0.5) is 0 Å². The smallest absolute Gasteiger partial charge is 0.246 e. The van der Waals surface area contributed by atoms with E-state index >= 15 is 0 Å². The number of nitrogens with one attached hydrogen (secondary N) is 2. The van der Waals surface area contributed by atoms with Crippen LogP contribution < -0.4 is 10.6 Å². The van der Waals surface area contributed by atoms with E-state index in [1.165, 1.54) is 12.8 Å². The molecular formula is C11H22N2O2. The summed E-state index contributed by atoms with van der Waals surface area (Å²) in [4.78, 5) is 11.3. The van der Waals surface area contributed by atoms with Gasteiger partial charge in [0.25, 0.3) is 0 Å². The molecule has 0 aliphatic carbocycles. The van der Waals surface area contributed by atoms with Gasteiger partial charge in [-0.3, -0.25) is 4.79 Å². The fraction of sp³-hybridized carbons (Fsp3) is 0.909. The van der Waals surface area contributed by atoms with Gasteiger partial charge >= 0.3 is 0 Å². The highest BCUT2D eigenvalue weighted by Gasteiger charge is 2.12. The predicted octanol–water partition coefficient (Wildman–Crippen LogP) is 0.671. The Morgan fingerprint density at radius 1 is 1.53 bits per heavy atom. The number of piperidine rings is 1. The Bertz CT molecular complexity index is 179. The van der Waals surface area contributed by atoms with Crippen molar-refractivity contribution in [2.24, 2.45) is 0 Å². The fourth-order valence-corrected chi connectivity index (χ4v) is 1.70. The van der Waals surface area contributed by atoms with Gasteiger partial charge in [0.1, 0.15) is 6.61 Å². The van der Waals surface area contributed by atoms with Crippen LogP contribution in [-0.4, -0.2) is 38.3 Å². The molecule has 4 nitrogen and oxygen atoms in total. The second-order valence-corrected chi connectivity index (χ2v) is 4.00.